The van der Waals surface area contributed by atoms with Crippen molar-refractivity contribution in [1.82, 2.24) is 4.98 Å². The molecular formula is C15H14N2O4. The standard InChI is InChI=1S/C15H14N2O4/c16-12(15(20)21)7-9-1-6-13(17-8-9)10-2-4-11(5-3-10)14(18)19/h1-6,8,12H,7,16H2,(H,18,19)(H,20,21). The Labute approximate surface area is 120 Å². The number of hydrogen-bond acceptors (Lipinski definition) is 4. The molecule has 2 rings (SSSR count). The number of pyridine rings is 1. The highest BCUT2D eigenvalue weighted by atomic mass is 16.4. The summed E-state index contributed by atoms with van der Waals surface area (Å²) in [5, 5.41) is 17.6. The van der Waals surface area contributed by atoms with Crippen LogP contribution in [0.2, 0.25) is 0 Å². The summed E-state index contributed by atoms with van der Waals surface area (Å²) < 4.78 is 0. The summed E-state index contributed by atoms with van der Waals surface area (Å²) in [6, 6.07) is 8.92. The van der Waals surface area contributed by atoms with Gasteiger partial charge in [-0.3, -0.25) is 9.78 Å². The van der Waals surface area contributed by atoms with E-state index < -0.39 is 18.0 Å². The topological polar surface area (TPSA) is 114 Å². The van der Waals surface area contributed by atoms with Gasteiger partial charge in [0.1, 0.15) is 6.04 Å². The molecule has 0 amide bonds. The average molecular weight is 286 g/mol. The highest BCUT2D eigenvalue weighted by molar-refractivity contribution is 5.88. The Kier molecular flexibility index (Phi) is 4.30. The molecule has 0 aliphatic heterocycles. The van der Waals surface area contributed by atoms with Crippen molar-refractivity contribution < 1.29 is 19.8 Å². The zero-order valence-corrected chi connectivity index (χ0v) is 11.1. The monoisotopic (exact) mass is 286 g/mol. The fourth-order valence-corrected chi connectivity index (χ4v) is 1.84. The molecule has 0 radical (unpaired) electrons. The molecular weight excluding hydrogens is 272 g/mol. The van der Waals surface area contributed by atoms with Crippen molar-refractivity contribution in [3.8, 4) is 11.3 Å². The van der Waals surface area contributed by atoms with Gasteiger partial charge in [-0.25, -0.2) is 4.79 Å². The molecule has 0 saturated heterocycles. The maximum Gasteiger partial charge on any atom is 0.335 e. The van der Waals surface area contributed by atoms with Crippen molar-refractivity contribution in [3.05, 3.63) is 53.7 Å². The Morgan fingerprint density at radius 2 is 1.76 bits per heavy atom. The van der Waals surface area contributed by atoms with Crippen LogP contribution in [-0.4, -0.2) is 33.2 Å². The molecule has 1 aromatic heterocycles. The number of aliphatic carboxylic acids is 1. The van der Waals surface area contributed by atoms with Gasteiger partial charge in [-0.05, 0) is 30.2 Å². The molecule has 1 atom stereocenters. The van der Waals surface area contributed by atoms with Crippen LogP contribution < -0.4 is 5.73 Å². The minimum absolute atomic E-state index is 0.209. The first-order valence-electron chi connectivity index (χ1n) is 6.24. The Hall–Kier alpha value is -2.73. The lowest BCUT2D eigenvalue weighted by Crippen LogP contribution is -2.32. The van der Waals surface area contributed by atoms with E-state index >= 15 is 0 Å². The summed E-state index contributed by atoms with van der Waals surface area (Å²) in [4.78, 5) is 25.7. The third kappa shape index (κ3) is 3.64. The van der Waals surface area contributed by atoms with Crippen LogP contribution in [0.1, 0.15) is 15.9 Å². The van der Waals surface area contributed by atoms with Gasteiger partial charge in [-0.15, -0.1) is 0 Å². The lowest BCUT2D eigenvalue weighted by atomic mass is 10.1. The third-order valence-electron chi connectivity index (χ3n) is 3.03. The molecule has 0 fully saturated rings. The summed E-state index contributed by atoms with van der Waals surface area (Å²) in [5.74, 6) is -2.03. The molecule has 6 nitrogen and oxygen atoms in total. The van der Waals surface area contributed by atoms with Crippen LogP contribution in [0.3, 0.4) is 0 Å². The van der Waals surface area contributed by atoms with Crippen LogP contribution in [0.25, 0.3) is 11.3 Å². The van der Waals surface area contributed by atoms with Gasteiger partial charge >= 0.3 is 11.9 Å². The normalized spacial score (nSPS) is 11.9. The smallest absolute Gasteiger partial charge is 0.335 e. The van der Waals surface area contributed by atoms with Gasteiger partial charge in [0.25, 0.3) is 0 Å². The van der Waals surface area contributed by atoms with Crippen LogP contribution in [0.5, 0.6) is 0 Å². The second kappa shape index (κ2) is 6.15. The highest BCUT2D eigenvalue weighted by Gasteiger charge is 2.12. The fraction of sp³-hybridized carbons (Fsp3) is 0.133. The molecule has 108 valence electrons. The highest BCUT2D eigenvalue weighted by Crippen LogP contribution is 2.18. The summed E-state index contributed by atoms with van der Waals surface area (Å²) in [6.45, 7) is 0. The number of carboxylic acid groups (broad SMARTS) is 2. The molecule has 6 heteroatoms. The number of aromatic carboxylic acids is 1. The molecule has 0 aliphatic rings. The SMILES string of the molecule is NC(Cc1ccc(-c2ccc(C(=O)O)cc2)nc1)C(=O)O. The largest absolute Gasteiger partial charge is 0.480 e. The van der Waals surface area contributed by atoms with Crippen LogP contribution >= 0.6 is 0 Å². The molecule has 2 aromatic rings. The van der Waals surface area contributed by atoms with Crippen molar-refractivity contribution in [2.45, 2.75) is 12.5 Å². The van der Waals surface area contributed by atoms with E-state index in [1.54, 1.807) is 30.5 Å². The van der Waals surface area contributed by atoms with Gasteiger partial charge in [0.05, 0.1) is 11.3 Å². The molecule has 0 aliphatic carbocycles. The van der Waals surface area contributed by atoms with E-state index in [0.717, 1.165) is 11.1 Å². The maximum absolute atomic E-state index is 10.8. The first kappa shape index (κ1) is 14.7. The van der Waals surface area contributed by atoms with Gasteiger partial charge in [0, 0.05) is 11.8 Å². The van der Waals surface area contributed by atoms with Gasteiger partial charge in [0.2, 0.25) is 0 Å². The van der Waals surface area contributed by atoms with Crippen molar-refractivity contribution in [2.75, 3.05) is 0 Å². The van der Waals surface area contributed by atoms with Gasteiger partial charge in [0.15, 0.2) is 0 Å². The Balaban J connectivity index is 2.15. The maximum atomic E-state index is 10.8. The second-order valence-electron chi connectivity index (χ2n) is 4.58. The fourth-order valence-electron chi connectivity index (χ4n) is 1.84. The zero-order valence-electron chi connectivity index (χ0n) is 11.1. The molecule has 0 saturated carbocycles. The lowest BCUT2D eigenvalue weighted by molar-refractivity contribution is -0.138. The Morgan fingerprint density at radius 1 is 1.10 bits per heavy atom. The van der Waals surface area contributed by atoms with Gasteiger partial charge in [-0.1, -0.05) is 18.2 Å². The number of nitrogens with two attached hydrogens (primary N) is 1. The number of nitrogens with zero attached hydrogens (tertiary/aromatic N) is 1. The first-order valence-corrected chi connectivity index (χ1v) is 6.24. The number of carboxylic acids is 2. The summed E-state index contributed by atoms with van der Waals surface area (Å²) >= 11 is 0. The molecule has 0 bridgehead atoms. The quantitative estimate of drug-likeness (QED) is 0.765. The van der Waals surface area contributed by atoms with E-state index in [1.165, 1.54) is 12.1 Å². The van der Waals surface area contributed by atoms with E-state index in [0.29, 0.717) is 5.69 Å². The van der Waals surface area contributed by atoms with Crippen LogP contribution in [-0.2, 0) is 11.2 Å². The van der Waals surface area contributed by atoms with Crippen molar-refractivity contribution in [1.29, 1.82) is 0 Å². The Bertz CT molecular complexity index is 650. The Morgan fingerprint density at radius 3 is 2.24 bits per heavy atom. The number of benzene rings is 1. The summed E-state index contributed by atoms with van der Waals surface area (Å²) in [7, 11) is 0. The van der Waals surface area contributed by atoms with Gasteiger partial charge in [-0.2, -0.15) is 0 Å². The van der Waals surface area contributed by atoms with Crippen LogP contribution in [0.4, 0.5) is 0 Å². The number of rotatable bonds is 5. The summed E-state index contributed by atoms with van der Waals surface area (Å²) in [6.07, 6.45) is 1.78. The van der Waals surface area contributed by atoms with Gasteiger partial charge < -0.3 is 15.9 Å². The number of aromatic nitrogens is 1. The predicted octanol–water partition coefficient (Wildman–Crippen LogP) is 1.40. The van der Waals surface area contributed by atoms with Crippen LogP contribution in [0.15, 0.2) is 42.6 Å². The van der Waals surface area contributed by atoms with Crippen molar-refractivity contribution in [2.24, 2.45) is 5.73 Å². The number of carbonyl (C=O) groups is 2. The molecule has 1 heterocycles. The zero-order chi connectivity index (χ0) is 15.4. The van der Waals surface area contributed by atoms with E-state index in [-0.39, 0.29) is 12.0 Å². The second-order valence-corrected chi connectivity index (χ2v) is 4.58. The average Bonchev–Trinajstić information content (AvgIpc) is 2.48. The van der Waals surface area contributed by atoms with E-state index in [4.69, 9.17) is 15.9 Å². The third-order valence-corrected chi connectivity index (χ3v) is 3.03. The molecule has 21 heavy (non-hydrogen) atoms. The van der Waals surface area contributed by atoms with E-state index in [2.05, 4.69) is 4.98 Å². The number of hydrogen-bond donors (Lipinski definition) is 3. The molecule has 1 aromatic carbocycles. The minimum atomic E-state index is -1.05. The van der Waals surface area contributed by atoms with E-state index in [1.807, 2.05) is 0 Å². The van der Waals surface area contributed by atoms with Crippen LogP contribution in [0, 0.1) is 0 Å². The molecule has 4 N–H and O–H groups in total. The summed E-state index contributed by atoms with van der Waals surface area (Å²) in [5.41, 5.74) is 7.87. The minimum Gasteiger partial charge on any atom is -0.480 e. The first-order chi connectivity index (χ1) is 9.97. The van der Waals surface area contributed by atoms with E-state index in [9.17, 15) is 9.59 Å². The van der Waals surface area contributed by atoms with Crippen molar-refractivity contribution in [3.63, 3.8) is 0 Å². The van der Waals surface area contributed by atoms with Crippen molar-refractivity contribution >= 4 is 11.9 Å². The lowest BCUT2D eigenvalue weighted by Gasteiger charge is -2.07. The molecule has 1 unspecified atom stereocenters. The molecule has 0 spiro atoms. The predicted molar refractivity (Wildman–Crippen MR) is 75.9 cm³/mol.